The van der Waals surface area contributed by atoms with Crippen molar-refractivity contribution in [2.45, 2.75) is 33.4 Å². The molecule has 0 unspecified atom stereocenters. The molecule has 2 N–H and O–H groups in total. The highest BCUT2D eigenvalue weighted by atomic mass is 16.5. The molecule has 21 heavy (non-hydrogen) atoms. The summed E-state index contributed by atoms with van der Waals surface area (Å²) in [7, 11) is 1.30. The molecule has 0 aromatic heterocycles. The van der Waals surface area contributed by atoms with Crippen LogP contribution >= 0.6 is 0 Å². The van der Waals surface area contributed by atoms with Crippen molar-refractivity contribution in [3.05, 3.63) is 35.9 Å². The third kappa shape index (κ3) is 5.19. The Morgan fingerprint density at radius 2 is 1.81 bits per heavy atom. The lowest BCUT2D eigenvalue weighted by molar-refractivity contribution is -0.148. The molecule has 0 saturated carbocycles. The van der Waals surface area contributed by atoms with E-state index in [4.69, 9.17) is 5.73 Å². The van der Waals surface area contributed by atoms with Gasteiger partial charge in [0.25, 0.3) is 0 Å². The maximum Gasteiger partial charge on any atom is 0.325 e. The Hall–Kier alpha value is -1.88. The minimum Gasteiger partial charge on any atom is -0.468 e. The third-order valence-corrected chi connectivity index (χ3v) is 3.27. The van der Waals surface area contributed by atoms with Crippen molar-refractivity contribution in [3.63, 3.8) is 0 Å². The fourth-order valence-corrected chi connectivity index (χ4v) is 1.80. The Labute approximate surface area is 126 Å². The molecule has 0 heterocycles. The van der Waals surface area contributed by atoms with E-state index in [0.717, 1.165) is 5.56 Å². The van der Waals surface area contributed by atoms with E-state index < -0.39 is 12.0 Å². The predicted molar refractivity (Wildman–Crippen MR) is 81.3 cm³/mol. The molecule has 0 aliphatic rings. The minimum absolute atomic E-state index is 0.103. The number of nitrogens with two attached hydrogens (primary N) is 1. The lowest BCUT2D eigenvalue weighted by atomic mass is 9.86. The van der Waals surface area contributed by atoms with Crippen molar-refractivity contribution in [2.24, 2.45) is 11.1 Å². The summed E-state index contributed by atoms with van der Waals surface area (Å²) >= 11 is 0. The lowest BCUT2D eigenvalue weighted by Crippen LogP contribution is -2.51. The average molecular weight is 292 g/mol. The van der Waals surface area contributed by atoms with Crippen LogP contribution in [0.1, 0.15) is 26.3 Å². The molecule has 0 saturated heterocycles. The fraction of sp³-hybridized carbons (Fsp3) is 0.500. The standard InChI is InChI=1S/C16H24N2O3/c1-16(2,3)14(17)15(20)18(11-13(19)21-4)10-12-8-6-5-7-9-12/h5-9,14H,10-11,17H2,1-4H3/t14-/m1/s1. The first-order chi connectivity index (χ1) is 9.75. The van der Waals surface area contributed by atoms with Gasteiger partial charge in [-0.05, 0) is 11.0 Å². The first-order valence-corrected chi connectivity index (χ1v) is 6.91. The maximum atomic E-state index is 12.5. The van der Waals surface area contributed by atoms with E-state index in [2.05, 4.69) is 4.74 Å². The van der Waals surface area contributed by atoms with Crippen molar-refractivity contribution in [1.29, 1.82) is 0 Å². The maximum absolute atomic E-state index is 12.5. The van der Waals surface area contributed by atoms with Gasteiger partial charge in [-0.25, -0.2) is 0 Å². The highest BCUT2D eigenvalue weighted by Gasteiger charge is 2.32. The highest BCUT2D eigenvalue weighted by molar-refractivity contribution is 5.86. The molecule has 0 spiro atoms. The molecule has 0 bridgehead atoms. The van der Waals surface area contributed by atoms with Gasteiger partial charge in [0, 0.05) is 6.54 Å². The van der Waals surface area contributed by atoms with Crippen LogP contribution in [0.5, 0.6) is 0 Å². The zero-order chi connectivity index (χ0) is 16.0. The Kier molecular flexibility index (Phi) is 5.90. The van der Waals surface area contributed by atoms with Gasteiger partial charge in [-0.15, -0.1) is 0 Å². The van der Waals surface area contributed by atoms with Gasteiger partial charge in [0.2, 0.25) is 5.91 Å². The Bertz CT molecular complexity index is 480. The summed E-state index contributed by atoms with van der Waals surface area (Å²) in [6, 6.07) is 8.81. The number of nitrogens with zero attached hydrogens (tertiary/aromatic N) is 1. The summed E-state index contributed by atoms with van der Waals surface area (Å²) in [5, 5.41) is 0. The van der Waals surface area contributed by atoms with E-state index in [1.807, 2.05) is 51.1 Å². The number of methoxy groups -OCH3 is 1. The van der Waals surface area contributed by atoms with Crippen LogP contribution in [0.25, 0.3) is 0 Å². The van der Waals surface area contributed by atoms with Gasteiger partial charge in [-0.3, -0.25) is 9.59 Å². The van der Waals surface area contributed by atoms with Gasteiger partial charge in [0.15, 0.2) is 0 Å². The fourth-order valence-electron chi connectivity index (χ4n) is 1.80. The molecule has 5 nitrogen and oxygen atoms in total. The number of carbonyl (C=O) groups is 2. The monoisotopic (exact) mass is 292 g/mol. The van der Waals surface area contributed by atoms with Gasteiger partial charge in [0.1, 0.15) is 6.54 Å². The van der Waals surface area contributed by atoms with Gasteiger partial charge in [0.05, 0.1) is 13.2 Å². The van der Waals surface area contributed by atoms with Gasteiger partial charge in [-0.2, -0.15) is 0 Å². The Morgan fingerprint density at radius 1 is 1.24 bits per heavy atom. The number of amides is 1. The average Bonchev–Trinajstić information content (AvgIpc) is 2.45. The third-order valence-electron chi connectivity index (χ3n) is 3.27. The molecule has 0 aliphatic heterocycles. The highest BCUT2D eigenvalue weighted by Crippen LogP contribution is 2.20. The van der Waals surface area contributed by atoms with Crippen molar-refractivity contribution in [1.82, 2.24) is 4.90 Å². The van der Waals surface area contributed by atoms with Crippen LogP contribution < -0.4 is 5.73 Å². The zero-order valence-corrected chi connectivity index (χ0v) is 13.1. The van der Waals surface area contributed by atoms with E-state index in [1.165, 1.54) is 12.0 Å². The van der Waals surface area contributed by atoms with E-state index in [1.54, 1.807) is 0 Å². The summed E-state index contributed by atoms with van der Waals surface area (Å²) < 4.78 is 4.66. The smallest absolute Gasteiger partial charge is 0.325 e. The predicted octanol–water partition coefficient (Wildman–Crippen LogP) is 1.56. The second kappa shape index (κ2) is 7.22. The molecule has 0 aliphatic carbocycles. The molecular formula is C16H24N2O3. The molecule has 1 rings (SSSR count). The largest absolute Gasteiger partial charge is 0.468 e. The van der Waals surface area contributed by atoms with Gasteiger partial charge in [-0.1, -0.05) is 51.1 Å². The summed E-state index contributed by atoms with van der Waals surface area (Å²) in [6.07, 6.45) is 0. The van der Waals surface area contributed by atoms with Crippen molar-refractivity contribution < 1.29 is 14.3 Å². The van der Waals surface area contributed by atoms with Gasteiger partial charge >= 0.3 is 5.97 Å². The quantitative estimate of drug-likeness (QED) is 0.836. The number of ether oxygens (including phenoxy) is 1. The van der Waals surface area contributed by atoms with Crippen molar-refractivity contribution in [2.75, 3.05) is 13.7 Å². The molecule has 1 aromatic carbocycles. The molecule has 116 valence electrons. The van der Waals surface area contributed by atoms with E-state index in [-0.39, 0.29) is 17.9 Å². The van der Waals surface area contributed by atoms with Gasteiger partial charge < -0.3 is 15.4 Å². The van der Waals surface area contributed by atoms with Crippen LogP contribution in [0.3, 0.4) is 0 Å². The number of carbonyl (C=O) groups excluding carboxylic acids is 2. The number of esters is 1. The molecule has 0 radical (unpaired) electrons. The van der Waals surface area contributed by atoms with Crippen LogP contribution in [0.4, 0.5) is 0 Å². The first-order valence-electron chi connectivity index (χ1n) is 6.91. The van der Waals surface area contributed by atoms with Crippen LogP contribution in [0.2, 0.25) is 0 Å². The summed E-state index contributed by atoms with van der Waals surface area (Å²) in [5.41, 5.74) is 6.59. The van der Waals surface area contributed by atoms with Crippen LogP contribution in [-0.2, 0) is 20.9 Å². The normalized spacial score (nSPS) is 12.6. The van der Waals surface area contributed by atoms with Crippen molar-refractivity contribution >= 4 is 11.9 Å². The second-order valence-electron chi connectivity index (χ2n) is 6.10. The molecule has 0 fully saturated rings. The van der Waals surface area contributed by atoms with E-state index in [9.17, 15) is 9.59 Å². The molecular weight excluding hydrogens is 268 g/mol. The molecule has 1 atom stereocenters. The zero-order valence-electron chi connectivity index (χ0n) is 13.1. The Morgan fingerprint density at radius 3 is 2.29 bits per heavy atom. The Balaban J connectivity index is 2.91. The lowest BCUT2D eigenvalue weighted by Gasteiger charge is -2.31. The topological polar surface area (TPSA) is 72.6 Å². The van der Waals surface area contributed by atoms with Crippen molar-refractivity contribution in [3.8, 4) is 0 Å². The number of hydrogen-bond donors (Lipinski definition) is 1. The van der Waals surface area contributed by atoms with Crippen LogP contribution in [0, 0.1) is 5.41 Å². The number of hydrogen-bond acceptors (Lipinski definition) is 4. The van der Waals surface area contributed by atoms with Crippen LogP contribution in [0.15, 0.2) is 30.3 Å². The van der Waals surface area contributed by atoms with Crippen LogP contribution in [-0.4, -0.2) is 36.5 Å². The first kappa shape index (κ1) is 17.2. The van der Waals surface area contributed by atoms with E-state index in [0.29, 0.717) is 6.54 Å². The molecule has 5 heteroatoms. The number of rotatable bonds is 5. The van der Waals surface area contributed by atoms with E-state index >= 15 is 0 Å². The number of benzene rings is 1. The molecule has 1 amide bonds. The second-order valence-corrected chi connectivity index (χ2v) is 6.10. The molecule has 1 aromatic rings. The summed E-state index contributed by atoms with van der Waals surface area (Å²) in [4.78, 5) is 25.5. The minimum atomic E-state index is -0.675. The summed E-state index contributed by atoms with van der Waals surface area (Å²) in [5.74, 6) is -0.711. The summed E-state index contributed by atoms with van der Waals surface area (Å²) in [6.45, 7) is 5.92. The SMILES string of the molecule is COC(=O)CN(Cc1ccccc1)C(=O)[C@@H](N)C(C)(C)C.